The molecule has 0 spiro atoms. The van der Waals surface area contributed by atoms with Crippen LogP contribution in [0.1, 0.15) is 26.2 Å². The van der Waals surface area contributed by atoms with Gasteiger partial charge >= 0.3 is 5.97 Å². The lowest BCUT2D eigenvalue weighted by Gasteiger charge is -2.26. The minimum absolute atomic E-state index is 0.0894. The number of amides is 1. The molecule has 1 fully saturated rings. The van der Waals surface area contributed by atoms with Crippen molar-refractivity contribution in [1.29, 1.82) is 0 Å². The number of carbonyl (C=O) groups is 2. The summed E-state index contributed by atoms with van der Waals surface area (Å²) in [5.41, 5.74) is 0.365. The first-order chi connectivity index (χ1) is 13.4. The molecule has 0 aliphatic carbocycles. The van der Waals surface area contributed by atoms with Crippen LogP contribution in [0.4, 0.5) is 5.69 Å². The topological polar surface area (TPSA) is 111 Å². The van der Waals surface area contributed by atoms with Crippen molar-refractivity contribution < 1.29 is 32.2 Å². The fraction of sp³-hybridized carbons (Fsp3) is 0.556. The summed E-state index contributed by atoms with van der Waals surface area (Å²) in [6.07, 6.45) is 0.654. The Kier molecular flexibility index (Phi) is 8.21. The molecule has 1 amide bonds. The quantitative estimate of drug-likeness (QED) is 0.608. The van der Waals surface area contributed by atoms with Gasteiger partial charge in [0.05, 0.1) is 37.5 Å². The van der Waals surface area contributed by atoms with Crippen molar-refractivity contribution in [3.05, 3.63) is 18.2 Å². The van der Waals surface area contributed by atoms with E-state index < -0.39 is 10.0 Å². The molecule has 0 radical (unpaired) electrons. The average Bonchev–Trinajstić information content (AvgIpc) is 2.69. The number of hydrogen-bond donors (Lipinski definition) is 1. The molecule has 1 saturated heterocycles. The molecule has 0 unspecified atom stereocenters. The van der Waals surface area contributed by atoms with E-state index in [4.69, 9.17) is 14.2 Å². The van der Waals surface area contributed by atoms with Gasteiger partial charge in [-0.15, -0.1) is 0 Å². The van der Waals surface area contributed by atoms with Crippen LogP contribution in [0.3, 0.4) is 0 Å². The maximum atomic E-state index is 12.7. The number of carbonyl (C=O) groups excluding carboxylic acids is 2. The Balaban J connectivity index is 2.02. The van der Waals surface area contributed by atoms with Gasteiger partial charge in [-0.1, -0.05) is 0 Å². The van der Waals surface area contributed by atoms with Gasteiger partial charge in [-0.3, -0.25) is 9.59 Å². The third kappa shape index (κ3) is 5.91. The molecule has 0 bridgehead atoms. The van der Waals surface area contributed by atoms with E-state index in [0.29, 0.717) is 45.0 Å². The molecule has 0 atom stereocenters. The van der Waals surface area contributed by atoms with E-state index >= 15 is 0 Å². The van der Waals surface area contributed by atoms with E-state index in [-0.39, 0.29) is 35.4 Å². The summed E-state index contributed by atoms with van der Waals surface area (Å²) in [5.74, 6) is -0.398. The molecule has 9 nitrogen and oxygen atoms in total. The molecule has 28 heavy (non-hydrogen) atoms. The van der Waals surface area contributed by atoms with E-state index in [0.717, 1.165) is 0 Å². The van der Waals surface area contributed by atoms with Crippen LogP contribution in [0.25, 0.3) is 0 Å². The zero-order valence-electron chi connectivity index (χ0n) is 16.1. The van der Waals surface area contributed by atoms with Crippen molar-refractivity contribution in [2.45, 2.75) is 31.1 Å². The summed E-state index contributed by atoms with van der Waals surface area (Å²) in [4.78, 5) is 23.5. The zero-order chi connectivity index (χ0) is 20.6. The monoisotopic (exact) mass is 414 g/mol. The summed E-state index contributed by atoms with van der Waals surface area (Å²) >= 11 is 0. The molecule has 1 aromatic carbocycles. The number of morpholine rings is 1. The zero-order valence-corrected chi connectivity index (χ0v) is 16.9. The minimum atomic E-state index is -3.66. The van der Waals surface area contributed by atoms with Crippen LogP contribution in [0.5, 0.6) is 5.75 Å². The van der Waals surface area contributed by atoms with Crippen molar-refractivity contribution in [3.8, 4) is 5.75 Å². The predicted molar refractivity (Wildman–Crippen MR) is 102 cm³/mol. The van der Waals surface area contributed by atoms with Crippen molar-refractivity contribution in [2.24, 2.45) is 0 Å². The number of hydrogen-bond acceptors (Lipinski definition) is 7. The second-order valence-corrected chi connectivity index (χ2v) is 8.02. The molecule has 1 N–H and O–H groups in total. The van der Waals surface area contributed by atoms with Gasteiger partial charge in [0.15, 0.2) is 0 Å². The van der Waals surface area contributed by atoms with Crippen LogP contribution < -0.4 is 10.1 Å². The molecule has 1 heterocycles. The van der Waals surface area contributed by atoms with Gasteiger partial charge in [0, 0.05) is 32.0 Å². The molecule has 1 aliphatic rings. The smallest absolute Gasteiger partial charge is 0.305 e. The molecule has 0 aromatic heterocycles. The Labute approximate surface area is 165 Å². The van der Waals surface area contributed by atoms with Crippen molar-refractivity contribution in [3.63, 3.8) is 0 Å². The third-order valence-corrected chi connectivity index (χ3v) is 6.04. The Hall–Kier alpha value is -2.17. The number of esters is 1. The summed E-state index contributed by atoms with van der Waals surface area (Å²) in [6.45, 7) is 3.33. The number of nitrogens with zero attached hydrogens (tertiary/aromatic N) is 1. The van der Waals surface area contributed by atoms with Gasteiger partial charge in [0.1, 0.15) is 5.75 Å². The molecule has 2 rings (SSSR count). The van der Waals surface area contributed by atoms with Crippen molar-refractivity contribution in [1.82, 2.24) is 4.31 Å². The van der Waals surface area contributed by atoms with Crippen molar-refractivity contribution in [2.75, 3.05) is 45.3 Å². The third-order valence-electron chi connectivity index (χ3n) is 4.14. The largest absolute Gasteiger partial charge is 0.495 e. The number of rotatable bonds is 9. The number of nitrogens with one attached hydrogen (secondary N) is 1. The highest BCUT2D eigenvalue weighted by molar-refractivity contribution is 7.89. The van der Waals surface area contributed by atoms with Gasteiger partial charge in [0.2, 0.25) is 15.9 Å². The first kappa shape index (κ1) is 22.1. The predicted octanol–water partition coefficient (Wildman–Crippen LogP) is 1.39. The Morgan fingerprint density at radius 1 is 1.21 bits per heavy atom. The van der Waals surface area contributed by atoms with E-state index in [1.165, 1.54) is 29.6 Å². The van der Waals surface area contributed by atoms with E-state index in [1.807, 2.05) is 0 Å². The fourth-order valence-corrected chi connectivity index (χ4v) is 4.13. The number of methoxy groups -OCH3 is 1. The second-order valence-electron chi connectivity index (χ2n) is 6.09. The SMILES string of the molecule is CCOC(=O)CCCC(=O)Nc1ccc(S(=O)(=O)N2CCOCC2)cc1OC. The fourth-order valence-electron chi connectivity index (χ4n) is 2.71. The Morgan fingerprint density at radius 3 is 2.57 bits per heavy atom. The molecular formula is C18H26N2O7S. The number of sulfonamides is 1. The highest BCUT2D eigenvalue weighted by Gasteiger charge is 2.27. The second kappa shape index (κ2) is 10.4. The van der Waals surface area contributed by atoms with Crippen LogP contribution in [0.2, 0.25) is 0 Å². The number of benzene rings is 1. The number of anilines is 1. The maximum absolute atomic E-state index is 12.7. The molecular weight excluding hydrogens is 388 g/mol. The number of ether oxygens (including phenoxy) is 3. The van der Waals surface area contributed by atoms with Gasteiger partial charge in [-0.25, -0.2) is 8.42 Å². The van der Waals surface area contributed by atoms with Gasteiger partial charge < -0.3 is 19.5 Å². The van der Waals surface area contributed by atoms with Crippen molar-refractivity contribution >= 4 is 27.6 Å². The summed E-state index contributed by atoms with van der Waals surface area (Å²) in [7, 11) is -2.26. The molecule has 10 heteroatoms. The Morgan fingerprint density at radius 2 is 1.93 bits per heavy atom. The van der Waals surface area contributed by atoms with Crippen LogP contribution >= 0.6 is 0 Å². The first-order valence-electron chi connectivity index (χ1n) is 9.10. The first-order valence-corrected chi connectivity index (χ1v) is 10.5. The minimum Gasteiger partial charge on any atom is -0.495 e. The standard InChI is InChI=1S/C18H26N2O7S/c1-3-27-18(22)6-4-5-17(21)19-15-8-7-14(13-16(15)25-2)28(23,24)20-9-11-26-12-10-20/h7-8,13H,3-6,9-12H2,1-2H3,(H,19,21). The van der Waals surface area contributed by atoms with Gasteiger partial charge in [-0.2, -0.15) is 4.31 Å². The van der Waals surface area contributed by atoms with Gasteiger partial charge in [0.25, 0.3) is 0 Å². The maximum Gasteiger partial charge on any atom is 0.305 e. The van der Waals surface area contributed by atoms with E-state index in [2.05, 4.69) is 5.32 Å². The molecule has 1 aliphatic heterocycles. The normalized spacial score (nSPS) is 15.1. The highest BCUT2D eigenvalue weighted by atomic mass is 32.2. The lowest BCUT2D eigenvalue weighted by molar-refractivity contribution is -0.143. The van der Waals surface area contributed by atoms with Gasteiger partial charge in [-0.05, 0) is 25.5 Å². The lowest BCUT2D eigenvalue weighted by Crippen LogP contribution is -2.40. The van der Waals surface area contributed by atoms with E-state index in [1.54, 1.807) is 6.92 Å². The molecule has 0 saturated carbocycles. The average molecular weight is 414 g/mol. The highest BCUT2D eigenvalue weighted by Crippen LogP contribution is 2.29. The summed E-state index contributed by atoms with van der Waals surface area (Å²) in [6, 6.07) is 4.32. The summed E-state index contributed by atoms with van der Waals surface area (Å²) < 4.78 is 42.1. The molecule has 1 aromatic rings. The van der Waals surface area contributed by atoms with Crippen LogP contribution in [0, 0.1) is 0 Å². The molecule has 156 valence electrons. The Bertz CT molecular complexity index is 789. The summed E-state index contributed by atoms with van der Waals surface area (Å²) in [5, 5.41) is 2.68. The van der Waals surface area contributed by atoms with Crippen LogP contribution in [-0.2, 0) is 29.1 Å². The van der Waals surface area contributed by atoms with Crippen LogP contribution in [0.15, 0.2) is 23.1 Å². The van der Waals surface area contributed by atoms with Crippen LogP contribution in [-0.4, -0.2) is 64.6 Å². The van der Waals surface area contributed by atoms with E-state index in [9.17, 15) is 18.0 Å². The lowest BCUT2D eigenvalue weighted by atomic mass is 10.2.